The summed E-state index contributed by atoms with van der Waals surface area (Å²) in [4.78, 5) is 0. The molecule has 1 rings (SSSR count). The van der Waals surface area contributed by atoms with E-state index in [1.807, 2.05) is 13.0 Å². The molecule has 0 amide bonds. The molecule has 0 fully saturated rings. The van der Waals surface area contributed by atoms with Crippen LogP contribution in [0.1, 0.15) is 31.4 Å². The van der Waals surface area contributed by atoms with Crippen LogP contribution in [-0.4, -0.2) is 17.3 Å². The van der Waals surface area contributed by atoms with Gasteiger partial charge >= 0.3 is 0 Å². The first-order valence-corrected chi connectivity index (χ1v) is 5.63. The lowest BCUT2D eigenvalue weighted by Gasteiger charge is -2.15. The second-order valence-electron chi connectivity index (χ2n) is 4.28. The average Bonchev–Trinajstić information content (AvgIpc) is 2.27. The summed E-state index contributed by atoms with van der Waals surface area (Å²) in [5.74, 6) is -0.319. The molecule has 0 spiro atoms. The fraction of sp³-hybridized carbons (Fsp3) is 0.462. The van der Waals surface area contributed by atoms with Crippen LogP contribution in [0.5, 0.6) is 0 Å². The van der Waals surface area contributed by atoms with Gasteiger partial charge in [0, 0.05) is 18.2 Å². The SMILES string of the molecule is CC(O)CC(C)NCc1cc(C#N)ccc1F. The highest BCUT2D eigenvalue weighted by molar-refractivity contribution is 5.33. The van der Waals surface area contributed by atoms with Gasteiger partial charge in [0.05, 0.1) is 17.7 Å². The third-order valence-corrected chi connectivity index (χ3v) is 2.51. The zero-order valence-electron chi connectivity index (χ0n) is 10.1. The van der Waals surface area contributed by atoms with Gasteiger partial charge in [-0.2, -0.15) is 5.26 Å². The second kappa shape index (κ2) is 6.33. The molecular weight excluding hydrogens is 219 g/mol. The predicted molar refractivity (Wildman–Crippen MR) is 63.7 cm³/mol. The van der Waals surface area contributed by atoms with E-state index in [-0.39, 0.29) is 18.0 Å². The first-order valence-electron chi connectivity index (χ1n) is 5.63. The molecule has 17 heavy (non-hydrogen) atoms. The minimum absolute atomic E-state index is 0.0974. The van der Waals surface area contributed by atoms with Crippen molar-refractivity contribution in [2.24, 2.45) is 0 Å². The molecule has 0 heterocycles. The van der Waals surface area contributed by atoms with E-state index in [2.05, 4.69) is 5.32 Å². The molecule has 92 valence electrons. The van der Waals surface area contributed by atoms with Crippen LogP contribution in [0.2, 0.25) is 0 Å². The minimum Gasteiger partial charge on any atom is -0.393 e. The maximum Gasteiger partial charge on any atom is 0.127 e. The third kappa shape index (κ3) is 4.51. The van der Waals surface area contributed by atoms with Gasteiger partial charge in [-0.15, -0.1) is 0 Å². The highest BCUT2D eigenvalue weighted by Crippen LogP contribution is 2.10. The first-order chi connectivity index (χ1) is 8.02. The van der Waals surface area contributed by atoms with Crippen LogP contribution in [0.3, 0.4) is 0 Å². The van der Waals surface area contributed by atoms with Crippen molar-refractivity contribution in [2.45, 2.75) is 39.0 Å². The Morgan fingerprint density at radius 3 is 2.76 bits per heavy atom. The molecule has 0 bridgehead atoms. The van der Waals surface area contributed by atoms with E-state index in [1.165, 1.54) is 18.2 Å². The number of hydrogen-bond donors (Lipinski definition) is 2. The Bertz CT molecular complexity index is 412. The summed E-state index contributed by atoms with van der Waals surface area (Å²) in [6.45, 7) is 4.00. The van der Waals surface area contributed by atoms with Crippen molar-refractivity contribution in [3.63, 3.8) is 0 Å². The van der Waals surface area contributed by atoms with Crippen molar-refractivity contribution in [1.82, 2.24) is 5.32 Å². The summed E-state index contributed by atoms with van der Waals surface area (Å²) in [6, 6.07) is 6.37. The summed E-state index contributed by atoms with van der Waals surface area (Å²) < 4.78 is 13.4. The smallest absolute Gasteiger partial charge is 0.127 e. The Balaban J connectivity index is 2.60. The van der Waals surface area contributed by atoms with Crippen molar-refractivity contribution in [3.05, 3.63) is 35.1 Å². The van der Waals surface area contributed by atoms with Gasteiger partial charge in [0.1, 0.15) is 5.82 Å². The van der Waals surface area contributed by atoms with E-state index >= 15 is 0 Å². The molecule has 0 aliphatic heterocycles. The number of nitrogens with one attached hydrogen (secondary N) is 1. The first kappa shape index (κ1) is 13.6. The zero-order valence-corrected chi connectivity index (χ0v) is 10.1. The fourth-order valence-electron chi connectivity index (χ4n) is 1.66. The predicted octanol–water partition coefficient (Wildman–Crippen LogP) is 1.95. The van der Waals surface area contributed by atoms with Crippen LogP contribution in [-0.2, 0) is 6.54 Å². The molecular formula is C13H17FN2O. The number of hydrogen-bond acceptors (Lipinski definition) is 3. The van der Waals surface area contributed by atoms with Crippen molar-refractivity contribution in [3.8, 4) is 6.07 Å². The van der Waals surface area contributed by atoms with Crippen molar-refractivity contribution in [2.75, 3.05) is 0 Å². The van der Waals surface area contributed by atoms with Gasteiger partial charge in [-0.05, 0) is 38.5 Å². The lowest BCUT2D eigenvalue weighted by molar-refractivity contribution is 0.170. The monoisotopic (exact) mass is 236 g/mol. The number of nitrogens with zero attached hydrogens (tertiary/aromatic N) is 1. The number of aliphatic hydroxyl groups excluding tert-OH is 1. The molecule has 0 saturated heterocycles. The summed E-state index contributed by atoms with van der Waals surface area (Å²) in [7, 11) is 0. The van der Waals surface area contributed by atoms with E-state index in [0.717, 1.165) is 0 Å². The third-order valence-electron chi connectivity index (χ3n) is 2.51. The van der Waals surface area contributed by atoms with Crippen molar-refractivity contribution < 1.29 is 9.50 Å². The van der Waals surface area contributed by atoms with Gasteiger partial charge in [0.15, 0.2) is 0 Å². The Labute approximate surface area is 101 Å². The molecule has 4 heteroatoms. The number of nitriles is 1. The van der Waals surface area contributed by atoms with Gasteiger partial charge in [-0.1, -0.05) is 0 Å². The molecule has 2 unspecified atom stereocenters. The fourth-order valence-corrected chi connectivity index (χ4v) is 1.66. The Hall–Kier alpha value is -1.44. The molecule has 0 aliphatic rings. The average molecular weight is 236 g/mol. The maximum absolute atomic E-state index is 13.4. The van der Waals surface area contributed by atoms with Crippen LogP contribution in [0.15, 0.2) is 18.2 Å². The number of rotatable bonds is 5. The van der Waals surface area contributed by atoms with Crippen LogP contribution in [0.25, 0.3) is 0 Å². The van der Waals surface area contributed by atoms with Gasteiger partial charge in [-0.3, -0.25) is 0 Å². The van der Waals surface area contributed by atoms with Crippen molar-refractivity contribution >= 4 is 0 Å². The summed E-state index contributed by atoms with van der Waals surface area (Å²) >= 11 is 0. The molecule has 2 N–H and O–H groups in total. The molecule has 0 radical (unpaired) electrons. The number of halogens is 1. The highest BCUT2D eigenvalue weighted by Gasteiger charge is 2.08. The Morgan fingerprint density at radius 1 is 1.47 bits per heavy atom. The van der Waals surface area contributed by atoms with E-state index < -0.39 is 0 Å². The Kier molecular flexibility index (Phi) is 5.08. The topological polar surface area (TPSA) is 56.0 Å². The van der Waals surface area contributed by atoms with Crippen LogP contribution in [0.4, 0.5) is 4.39 Å². The normalized spacial score (nSPS) is 14.1. The highest BCUT2D eigenvalue weighted by atomic mass is 19.1. The van der Waals surface area contributed by atoms with Gasteiger partial charge in [0.25, 0.3) is 0 Å². The van der Waals surface area contributed by atoms with Crippen molar-refractivity contribution in [1.29, 1.82) is 5.26 Å². The summed E-state index contributed by atoms with van der Waals surface area (Å²) in [6.07, 6.45) is 0.229. The molecule has 0 saturated carbocycles. The van der Waals surface area contributed by atoms with Crippen LogP contribution >= 0.6 is 0 Å². The molecule has 1 aromatic carbocycles. The molecule has 3 nitrogen and oxygen atoms in total. The lowest BCUT2D eigenvalue weighted by Crippen LogP contribution is -2.29. The van der Waals surface area contributed by atoms with Crippen LogP contribution in [0, 0.1) is 17.1 Å². The minimum atomic E-state index is -0.382. The largest absolute Gasteiger partial charge is 0.393 e. The lowest BCUT2D eigenvalue weighted by atomic mass is 10.1. The number of aliphatic hydroxyl groups is 1. The zero-order chi connectivity index (χ0) is 12.8. The van der Waals surface area contributed by atoms with E-state index in [4.69, 9.17) is 5.26 Å². The van der Waals surface area contributed by atoms with Crippen LogP contribution < -0.4 is 5.32 Å². The number of benzene rings is 1. The maximum atomic E-state index is 13.4. The molecule has 0 aliphatic carbocycles. The summed E-state index contributed by atoms with van der Waals surface area (Å²) in [5, 5.41) is 21.0. The standard InChI is InChI=1S/C13H17FN2O/c1-9(5-10(2)17)16-8-12-6-11(7-15)3-4-13(12)14/h3-4,6,9-10,16-17H,5,8H2,1-2H3. The molecule has 0 aromatic heterocycles. The second-order valence-corrected chi connectivity index (χ2v) is 4.28. The van der Waals surface area contributed by atoms with Gasteiger partial charge in [0.2, 0.25) is 0 Å². The van der Waals surface area contributed by atoms with Gasteiger partial charge < -0.3 is 10.4 Å². The molecule has 2 atom stereocenters. The van der Waals surface area contributed by atoms with Gasteiger partial charge in [-0.25, -0.2) is 4.39 Å². The van der Waals surface area contributed by atoms with E-state index in [1.54, 1.807) is 6.92 Å². The van der Waals surface area contributed by atoms with E-state index in [0.29, 0.717) is 24.1 Å². The summed E-state index contributed by atoms with van der Waals surface area (Å²) in [5.41, 5.74) is 0.924. The quantitative estimate of drug-likeness (QED) is 0.821. The Morgan fingerprint density at radius 2 is 2.18 bits per heavy atom. The molecule has 1 aromatic rings. The van der Waals surface area contributed by atoms with E-state index in [9.17, 15) is 9.50 Å².